The molecule has 118 valence electrons. The summed E-state index contributed by atoms with van der Waals surface area (Å²) in [6.07, 6.45) is 10.8. The maximum absolute atomic E-state index is 6.08. The minimum absolute atomic E-state index is 0.349. The summed E-state index contributed by atoms with van der Waals surface area (Å²) in [7, 11) is 0. The molecule has 1 N–H and O–H groups in total. The molecule has 4 saturated carbocycles. The van der Waals surface area contributed by atoms with E-state index in [9.17, 15) is 0 Å². The van der Waals surface area contributed by atoms with Crippen LogP contribution in [0.2, 0.25) is 0 Å². The van der Waals surface area contributed by atoms with E-state index in [0.29, 0.717) is 17.6 Å². The maximum Gasteiger partial charge on any atom is 0.0684 e. The first kappa shape index (κ1) is 13.4. The maximum atomic E-state index is 6.08. The van der Waals surface area contributed by atoms with Crippen LogP contribution in [0.3, 0.4) is 0 Å². The summed E-state index contributed by atoms with van der Waals surface area (Å²) in [5.41, 5.74) is 0.349. The molecule has 5 fully saturated rings. The first-order valence-corrected chi connectivity index (χ1v) is 9.54. The molecule has 0 aromatic heterocycles. The van der Waals surface area contributed by atoms with E-state index < -0.39 is 0 Å². The number of ether oxygens (including phenoxy) is 1. The van der Waals surface area contributed by atoms with E-state index in [2.05, 4.69) is 19.2 Å². The van der Waals surface area contributed by atoms with Crippen LogP contribution in [0.25, 0.3) is 0 Å². The summed E-state index contributed by atoms with van der Waals surface area (Å²) < 4.78 is 6.08. The smallest absolute Gasteiger partial charge is 0.0684 e. The zero-order chi connectivity index (χ0) is 14.2. The summed E-state index contributed by atoms with van der Waals surface area (Å²) in [6.45, 7) is 5.86. The van der Waals surface area contributed by atoms with Crippen LogP contribution >= 0.6 is 0 Å². The molecule has 21 heavy (non-hydrogen) atoms. The molecule has 0 spiro atoms. The third kappa shape index (κ3) is 1.72. The van der Waals surface area contributed by atoms with Gasteiger partial charge in [-0.15, -0.1) is 0 Å². The van der Waals surface area contributed by atoms with Crippen LogP contribution in [0, 0.1) is 35.0 Å². The lowest BCUT2D eigenvalue weighted by molar-refractivity contribution is -0.195. The van der Waals surface area contributed by atoms with Crippen LogP contribution in [0.1, 0.15) is 58.8 Å². The molecule has 2 heteroatoms. The fourth-order valence-electron chi connectivity index (χ4n) is 7.35. The normalized spacial score (nSPS) is 56.9. The molecule has 1 saturated heterocycles. The second kappa shape index (κ2) is 4.47. The highest BCUT2D eigenvalue weighted by Crippen LogP contribution is 2.60. The van der Waals surface area contributed by atoms with Gasteiger partial charge in [0.25, 0.3) is 0 Å². The average molecular weight is 289 g/mol. The van der Waals surface area contributed by atoms with Gasteiger partial charge in [0.2, 0.25) is 0 Å². The molecule has 1 heterocycles. The summed E-state index contributed by atoms with van der Waals surface area (Å²) in [5.74, 6) is 5.09. The lowest BCUT2D eigenvalue weighted by Crippen LogP contribution is -2.71. The Labute approximate surface area is 129 Å². The van der Waals surface area contributed by atoms with Crippen LogP contribution in [-0.2, 0) is 4.74 Å². The van der Waals surface area contributed by atoms with Gasteiger partial charge in [-0.1, -0.05) is 20.3 Å². The van der Waals surface area contributed by atoms with Crippen molar-refractivity contribution >= 4 is 0 Å². The lowest BCUT2D eigenvalue weighted by Gasteiger charge is -2.61. The molecule has 8 atom stereocenters. The standard InChI is InChI=1S/C19H31NO/c1-19(2)17(14-7-4-8-21-18(14)19)20-16-10-11-9-15(16)13-6-3-5-12(11)13/h11-18,20H,3-10H2,1-2H3. The van der Waals surface area contributed by atoms with Gasteiger partial charge in [0.1, 0.15) is 0 Å². The molecule has 0 amide bonds. The van der Waals surface area contributed by atoms with E-state index in [-0.39, 0.29) is 0 Å². The highest BCUT2D eigenvalue weighted by Gasteiger charge is 2.60. The van der Waals surface area contributed by atoms with Crippen molar-refractivity contribution in [2.75, 3.05) is 6.61 Å². The fourth-order valence-corrected chi connectivity index (χ4v) is 7.35. The van der Waals surface area contributed by atoms with Gasteiger partial charge in [-0.05, 0) is 62.2 Å². The van der Waals surface area contributed by atoms with Crippen molar-refractivity contribution in [1.82, 2.24) is 5.32 Å². The molecule has 5 rings (SSSR count). The molecule has 8 unspecified atom stereocenters. The second-order valence-corrected chi connectivity index (χ2v) is 9.32. The van der Waals surface area contributed by atoms with E-state index in [1.165, 1.54) is 32.1 Å². The fraction of sp³-hybridized carbons (Fsp3) is 1.00. The predicted molar refractivity (Wildman–Crippen MR) is 84.0 cm³/mol. The second-order valence-electron chi connectivity index (χ2n) is 9.32. The summed E-state index contributed by atoms with van der Waals surface area (Å²) in [6, 6.07) is 1.55. The van der Waals surface area contributed by atoms with Crippen LogP contribution in [0.4, 0.5) is 0 Å². The topological polar surface area (TPSA) is 21.3 Å². The van der Waals surface area contributed by atoms with Crippen LogP contribution in [0.15, 0.2) is 0 Å². The molecule has 2 nitrogen and oxygen atoms in total. The van der Waals surface area contributed by atoms with Crippen molar-refractivity contribution in [3.8, 4) is 0 Å². The first-order valence-electron chi connectivity index (χ1n) is 9.54. The minimum Gasteiger partial charge on any atom is -0.377 e. The van der Waals surface area contributed by atoms with Crippen molar-refractivity contribution in [3.05, 3.63) is 0 Å². The summed E-state index contributed by atoms with van der Waals surface area (Å²) in [4.78, 5) is 0. The van der Waals surface area contributed by atoms with Crippen molar-refractivity contribution in [2.24, 2.45) is 35.0 Å². The van der Waals surface area contributed by atoms with Gasteiger partial charge in [-0.25, -0.2) is 0 Å². The Morgan fingerprint density at radius 2 is 1.71 bits per heavy atom. The zero-order valence-corrected chi connectivity index (χ0v) is 13.7. The van der Waals surface area contributed by atoms with E-state index in [1.54, 1.807) is 12.8 Å². The predicted octanol–water partition coefficient (Wildman–Crippen LogP) is 3.60. The third-order valence-corrected chi connectivity index (χ3v) is 8.15. The van der Waals surface area contributed by atoms with Gasteiger partial charge in [-0.3, -0.25) is 0 Å². The Kier molecular flexibility index (Phi) is 2.85. The van der Waals surface area contributed by atoms with E-state index in [0.717, 1.165) is 42.2 Å². The first-order chi connectivity index (χ1) is 10.2. The van der Waals surface area contributed by atoms with Crippen molar-refractivity contribution in [3.63, 3.8) is 0 Å². The van der Waals surface area contributed by atoms with Crippen molar-refractivity contribution in [1.29, 1.82) is 0 Å². The summed E-state index contributed by atoms with van der Waals surface area (Å²) >= 11 is 0. The number of nitrogens with one attached hydrogen (secondary N) is 1. The van der Waals surface area contributed by atoms with Gasteiger partial charge < -0.3 is 10.1 Å². The molecule has 4 aliphatic carbocycles. The van der Waals surface area contributed by atoms with E-state index in [4.69, 9.17) is 4.74 Å². The van der Waals surface area contributed by atoms with Crippen LogP contribution < -0.4 is 5.32 Å². The highest BCUT2D eigenvalue weighted by molar-refractivity contribution is 5.13. The van der Waals surface area contributed by atoms with E-state index >= 15 is 0 Å². The SMILES string of the molecule is CC1(C)C(NC2CC3CC2C2CCCC32)C2CCCOC21. The van der Waals surface area contributed by atoms with E-state index in [1.807, 2.05) is 0 Å². The molecular formula is C19H31NO. The lowest BCUT2D eigenvalue weighted by atomic mass is 9.55. The molecule has 5 aliphatic rings. The minimum atomic E-state index is 0.349. The van der Waals surface area contributed by atoms with Gasteiger partial charge in [0.15, 0.2) is 0 Å². The molecule has 0 aromatic rings. The van der Waals surface area contributed by atoms with Crippen molar-refractivity contribution in [2.45, 2.75) is 77.0 Å². The molecular weight excluding hydrogens is 258 g/mol. The largest absolute Gasteiger partial charge is 0.377 e. The molecule has 2 bridgehead atoms. The molecule has 0 radical (unpaired) electrons. The number of fused-ring (bicyclic) bond motifs is 6. The Morgan fingerprint density at radius 1 is 0.905 bits per heavy atom. The zero-order valence-electron chi connectivity index (χ0n) is 13.7. The van der Waals surface area contributed by atoms with Crippen LogP contribution in [0.5, 0.6) is 0 Å². The number of hydrogen-bond acceptors (Lipinski definition) is 2. The Balaban J connectivity index is 1.30. The third-order valence-electron chi connectivity index (χ3n) is 8.15. The molecule has 1 aliphatic heterocycles. The average Bonchev–Trinajstić information content (AvgIpc) is 3.17. The summed E-state index contributed by atoms with van der Waals surface area (Å²) in [5, 5.41) is 4.17. The Hall–Kier alpha value is -0.0800. The number of hydrogen-bond donors (Lipinski definition) is 1. The highest BCUT2D eigenvalue weighted by atomic mass is 16.5. The Morgan fingerprint density at radius 3 is 2.62 bits per heavy atom. The van der Waals surface area contributed by atoms with Crippen molar-refractivity contribution < 1.29 is 4.74 Å². The Bertz CT molecular complexity index is 433. The van der Waals surface area contributed by atoms with Gasteiger partial charge in [0.05, 0.1) is 6.10 Å². The quantitative estimate of drug-likeness (QED) is 0.838. The monoisotopic (exact) mass is 289 g/mol. The number of rotatable bonds is 2. The van der Waals surface area contributed by atoms with Crippen LogP contribution in [-0.4, -0.2) is 24.8 Å². The molecule has 0 aromatic carbocycles. The van der Waals surface area contributed by atoms with Gasteiger partial charge in [0, 0.05) is 30.0 Å². The van der Waals surface area contributed by atoms with Gasteiger partial charge >= 0.3 is 0 Å². The van der Waals surface area contributed by atoms with Gasteiger partial charge in [-0.2, -0.15) is 0 Å².